The maximum Gasteiger partial charge on any atom is 0.230 e. The summed E-state index contributed by atoms with van der Waals surface area (Å²) in [5.74, 6) is 0.915. The van der Waals surface area contributed by atoms with Gasteiger partial charge in [0.05, 0.1) is 5.41 Å². The van der Waals surface area contributed by atoms with Crippen molar-refractivity contribution in [2.45, 2.75) is 71.3 Å². The highest BCUT2D eigenvalue weighted by molar-refractivity contribution is 5.83. The van der Waals surface area contributed by atoms with Gasteiger partial charge in [-0.25, -0.2) is 0 Å². The zero-order valence-corrected chi connectivity index (χ0v) is 12.7. The topological polar surface area (TPSA) is 46.3 Å². The Morgan fingerprint density at radius 2 is 1.79 bits per heavy atom. The fraction of sp³-hybridized carbons (Fsp3) is 0.938. The monoisotopic (exact) mass is 266 g/mol. The van der Waals surface area contributed by atoms with E-state index in [1.165, 1.54) is 38.5 Å². The minimum absolute atomic E-state index is 0.242. The van der Waals surface area contributed by atoms with Gasteiger partial charge in [0.15, 0.2) is 0 Å². The Morgan fingerprint density at radius 1 is 1.21 bits per heavy atom. The maximum absolute atomic E-state index is 13.1. The van der Waals surface area contributed by atoms with E-state index in [1.807, 2.05) is 0 Å². The Kier molecular flexibility index (Phi) is 4.88. The number of rotatable bonds is 5. The fourth-order valence-electron chi connectivity index (χ4n) is 3.39. The Labute approximate surface area is 117 Å². The van der Waals surface area contributed by atoms with Crippen molar-refractivity contribution in [3.63, 3.8) is 0 Å². The van der Waals surface area contributed by atoms with E-state index in [0.29, 0.717) is 24.4 Å². The van der Waals surface area contributed by atoms with Crippen LogP contribution >= 0.6 is 0 Å². The van der Waals surface area contributed by atoms with Crippen LogP contribution in [0.15, 0.2) is 0 Å². The van der Waals surface area contributed by atoms with Crippen LogP contribution in [-0.2, 0) is 4.79 Å². The van der Waals surface area contributed by atoms with Crippen LogP contribution < -0.4 is 5.73 Å². The highest BCUT2D eigenvalue weighted by Gasteiger charge is 2.44. The molecule has 110 valence electrons. The number of hydrogen-bond acceptors (Lipinski definition) is 2. The van der Waals surface area contributed by atoms with Gasteiger partial charge in [-0.3, -0.25) is 4.79 Å². The molecule has 2 fully saturated rings. The smallest absolute Gasteiger partial charge is 0.230 e. The Bertz CT molecular complexity index is 302. The van der Waals surface area contributed by atoms with Gasteiger partial charge in [0.2, 0.25) is 5.91 Å². The summed E-state index contributed by atoms with van der Waals surface area (Å²) in [6, 6.07) is 0.515. The zero-order valence-electron chi connectivity index (χ0n) is 12.7. The molecule has 1 amide bonds. The van der Waals surface area contributed by atoms with Crippen LogP contribution in [0.3, 0.4) is 0 Å². The predicted molar refractivity (Wildman–Crippen MR) is 78.8 cm³/mol. The summed E-state index contributed by atoms with van der Waals surface area (Å²) < 4.78 is 0. The molecule has 0 spiro atoms. The molecule has 0 aromatic carbocycles. The van der Waals surface area contributed by atoms with Crippen molar-refractivity contribution in [1.82, 2.24) is 4.90 Å². The minimum Gasteiger partial charge on any atom is -0.339 e. The van der Waals surface area contributed by atoms with Gasteiger partial charge in [-0.1, -0.05) is 39.5 Å². The van der Waals surface area contributed by atoms with Crippen LogP contribution in [0.4, 0.5) is 0 Å². The van der Waals surface area contributed by atoms with Gasteiger partial charge in [0.25, 0.3) is 0 Å². The molecular weight excluding hydrogens is 236 g/mol. The molecule has 2 saturated carbocycles. The molecule has 0 radical (unpaired) electrons. The molecule has 0 aliphatic heterocycles. The van der Waals surface area contributed by atoms with Crippen LogP contribution in [-0.4, -0.2) is 29.9 Å². The highest BCUT2D eigenvalue weighted by Crippen LogP contribution is 2.39. The van der Waals surface area contributed by atoms with Crippen LogP contribution in [0.5, 0.6) is 0 Å². The number of nitrogens with two attached hydrogens (primary N) is 1. The van der Waals surface area contributed by atoms with Crippen LogP contribution in [0.25, 0.3) is 0 Å². The summed E-state index contributed by atoms with van der Waals surface area (Å²) in [4.78, 5) is 15.2. The molecule has 0 aromatic heterocycles. The molecule has 0 atom stereocenters. The van der Waals surface area contributed by atoms with Gasteiger partial charge in [0.1, 0.15) is 0 Å². The lowest BCUT2D eigenvalue weighted by molar-refractivity contribution is -0.143. The maximum atomic E-state index is 13.1. The van der Waals surface area contributed by atoms with E-state index in [4.69, 9.17) is 5.73 Å². The standard InChI is InChI=1S/C16H30N2O/c1-13(2)11-18(14-7-8-14)15(19)16(12-17)9-5-3-4-6-10-16/h13-14H,3-12,17H2,1-2H3. The number of carbonyl (C=O) groups excluding carboxylic acids is 1. The molecule has 0 unspecified atom stereocenters. The molecule has 3 nitrogen and oxygen atoms in total. The Morgan fingerprint density at radius 3 is 2.21 bits per heavy atom. The zero-order chi connectivity index (χ0) is 13.9. The van der Waals surface area contributed by atoms with Gasteiger partial charge in [-0.05, 0) is 31.6 Å². The number of amides is 1. The summed E-state index contributed by atoms with van der Waals surface area (Å²) in [7, 11) is 0. The molecule has 19 heavy (non-hydrogen) atoms. The molecule has 0 aromatic rings. The van der Waals surface area contributed by atoms with E-state index in [-0.39, 0.29) is 5.41 Å². The normalized spacial score (nSPS) is 23.2. The van der Waals surface area contributed by atoms with Crippen molar-refractivity contribution < 1.29 is 4.79 Å². The van der Waals surface area contributed by atoms with Gasteiger partial charge in [0, 0.05) is 19.1 Å². The van der Waals surface area contributed by atoms with E-state index < -0.39 is 0 Å². The molecule has 0 heterocycles. The number of nitrogens with zero attached hydrogens (tertiary/aromatic N) is 1. The second-order valence-electron chi connectivity index (χ2n) is 6.98. The quantitative estimate of drug-likeness (QED) is 0.778. The molecular formula is C16H30N2O. The largest absolute Gasteiger partial charge is 0.339 e. The molecule has 2 N–H and O–H groups in total. The first-order chi connectivity index (χ1) is 9.09. The predicted octanol–water partition coefficient (Wildman–Crippen LogP) is 2.93. The average Bonchev–Trinajstić information content (AvgIpc) is 3.21. The van der Waals surface area contributed by atoms with Gasteiger partial charge in [-0.2, -0.15) is 0 Å². The van der Waals surface area contributed by atoms with Crippen molar-refractivity contribution in [2.24, 2.45) is 17.1 Å². The first kappa shape index (κ1) is 14.8. The lowest BCUT2D eigenvalue weighted by Crippen LogP contribution is -2.49. The summed E-state index contributed by atoms with van der Waals surface area (Å²) in [5.41, 5.74) is 5.81. The lowest BCUT2D eigenvalue weighted by atomic mass is 9.78. The lowest BCUT2D eigenvalue weighted by Gasteiger charge is -2.37. The third-order valence-corrected chi connectivity index (χ3v) is 4.72. The van der Waals surface area contributed by atoms with Crippen LogP contribution in [0.2, 0.25) is 0 Å². The fourth-order valence-corrected chi connectivity index (χ4v) is 3.39. The molecule has 2 aliphatic carbocycles. The number of carbonyl (C=O) groups is 1. The molecule has 0 saturated heterocycles. The van der Waals surface area contributed by atoms with Crippen LogP contribution in [0, 0.1) is 11.3 Å². The van der Waals surface area contributed by atoms with Crippen LogP contribution in [0.1, 0.15) is 65.2 Å². The van der Waals surface area contributed by atoms with Gasteiger partial charge < -0.3 is 10.6 Å². The second-order valence-corrected chi connectivity index (χ2v) is 6.98. The molecule has 3 heteroatoms. The molecule has 0 bridgehead atoms. The SMILES string of the molecule is CC(C)CN(C(=O)C1(CN)CCCCCC1)C1CC1. The van der Waals surface area contributed by atoms with Crippen molar-refractivity contribution in [3.8, 4) is 0 Å². The highest BCUT2D eigenvalue weighted by atomic mass is 16.2. The summed E-state index contributed by atoms with van der Waals surface area (Å²) in [6.07, 6.45) is 9.27. The van der Waals surface area contributed by atoms with Crippen molar-refractivity contribution >= 4 is 5.91 Å². The molecule has 2 rings (SSSR count). The third kappa shape index (κ3) is 3.50. The first-order valence-electron chi connectivity index (χ1n) is 8.10. The van der Waals surface area contributed by atoms with Crippen molar-refractivity contribution in [2.75, 3.05) is 13.1 Å². The average molecular weight is 266 g/mol. The summed E-state index contributed by atoms with van der Waals surface area (Å²) in [6.45, 7) is 5.84. The van der Waals surface area contributed by atoms with E-state index in [9.17, 15) is 4.79 Å². The summed E-state index contributed by atoms with van der Waals surface area (Å²) >= 11 is 0. The van der Waals surface area contributed by atoms with Gasteiger partial charge >= 0.3 is 0 Å². The third-order valence-electron chi connectivity index (χ3n) is 4.72. The second kappa shape index (κ2) is 6.25. The van der Waals surface area contributed by atoms with E-state index in [0.717, 1.165) is 19.4 Å². The Balaban J connectivity index is 2.12. The van der Waals surface area contributed by atoms with E-state index in [1.54, 1.807) is 0 Å². The van der Waals surface area contributed by atoms with Crippen molar-refractivity contribution in [1.29, 1.82) is 0 Å². The Hall–Kier alpha value is -0.570. The molecule has 2 aliphatic rings. The number of hydrogen-bond donors (Lipinski definition) is 1. The first-order valence-corrected chi connectivity index (χ1v) is 8.10. The van der Waals surface area contributed by atoms with Crippen molar-refractivity contribution in [3.05, 3.63) is 0 Å². The summed E-state index contributed by atoms with van der Waals surface area (Å²) in [5, 5.41) is 0. The van der Waals surface area contributed by atoms with E-state index >= 15 is 0 Å². The van der Waals surface area contributed by atoms with E-state index in [2.05, 4.69) is 18.7 Å². The minimum atomic E-state index is -0.242. The van der Waals surface area contributed by atoms with Gasteiger partial charge in [-0.15, -0.1) is 0 Å².